The molecule has 0 atom stereocenters. The van der Waals surface area contributed by atoms with Gasteiger partial charge in [0.1, 0.15) is 11.6 Å². The van der Waals surface area contributed by atoms with Crippen LogP contribution in [0.4, 0.5) is 10.1 Å². The standard InChI is InChI=1S/C17H15FN2O5S/c1-9-7-11(4-5-13(9)18)26(23,24)20-15-12-8-10(25-2)3-6-14(12)19-16(15)17(21)22/h3-8,19-20H,1-2H3,(H,21,22)/p-1. The third-order valence-corrected chi connectivity index (χ3v) is 5.23. The Morgan fingerprint density at radius 1 is 1.23 bits per heavy atom. The summed E-state index contributed by atoms with van der Waals surface area (Å²) in [6.45, 7) is 1.43. The quantitative estimate of drug-likeness (QED) is 0.704. The third-order valence-electron chi connectivity index (χ3n) is 3.89. The van der Waals surface area contributed by atoms with E-state index in [1.165, 1.54) is 20.1 Å². The first kappa shape index (κ1) is 17.7. The largest absolute Gasteiger partial charge is 0.543 e. The zero-order valence-electron chi connectivity index (χ0n) is 13.8. The minimum Gasteiger partial charge on any atom is -0.543 e. The highest BCUT2D eigenvalue weighted by molar-refractivity contribution is 7.92. The molecular weight excluding hydrogens is 363 g/mol. The molecule has 9 heteroatoms. The summed E-state index contributed by atoms with van der Waals surface area (Å²) in [5.41, 5.74) is -0.0666. The number of carbonyl (C=O) groups excluding carboxylic acids is 1. The summed E-state index contributed by atoms with van der Waals surface area (Å²) in [5.74, 6) is -1.70. The number of methoxy groups -OCH3 is 1. The number of carbonyl (C=O) groups is 1. The molecule has 0 radical (unpaired) electrons. The molecule has 7 nitrogen and oxygen atoms in total. The number of ether oxygens (including phenoxy) is 1. The number of sulfonamides is 1. The van der Waals surface area contributed by atoms with Gasteiger partial charge < -0.3 is 19.6 Å². The second-order valence-corrected chi connectivity index (χ2v) is 7.27. The van der Waals surface area contributed by atoms with Crippen LogP contribution in [0, 0.1) is 12.7 Å². The number of aryl methyl sites for hydroxylation is 1. The van der Waals surface area contributed by atoms with Crippen molar-refractivity contribution in [2.45, 2.75) is 11.8 Å². The second-order valence-electron chi connectivity index (χ2n) is 5.59. The van der Waals surface area contributed by atoms with Gasteiger partial charge in [-0.2, -0.15) is 0 Å². The van der Waals surface area contributed by atoms with Crippen LogP contribution in [0.2, 0.25) is 0 Å². The molecule has 0 aliphatic heterocycles. The Hall–Kier alpha value is -3.07. The number of aromatic amines is 1. The second kappa shape index (κ2) is 6.34. The van der Waals surface area contributed by atoms with Crippen LogP contribution in [0.1, 0.15) is 16.1 Å². The number of benzene rings is 2. The van der Waals surface area contributed by atoms with Crippen LogP contribution in [-0.2, 0) is 10.0 Å². The Kier molecular flexibility index (Phi) is 4.33. The lowest BCUT2D eigenvalue weighted by molar-refractivity contribution is -0.255. The van der Waals surface area contributed by atoms with Gasteiger partial charge in [-0.1, -0.05) is 0 Å². The molecule has 2 aromatic carbocycles. The molecule has 136 valence electrons. The van der Waals surface area contributed by atoms with E-state index in [0.29, 0.717) is 16.7 Å². The Labute approximate surface area is 148 Å². The summed E-state index contributed by atoms with van der Waals surface area (Å²) < 4.78 is 46.0. The Morgan fingerprint density at radius 2 is 1.96 bits per heavy atom. The maximum absolute atomic E-state index is 13.4. The number of hydrogen-bond donors (Lipinski definition) is 2. The maximum atomic E-state index is 13.4. The molecule has 3 rings (SSSR count). The minimum atomic E-state index is -4.16. The fourth-order valence-corrected chi connectivity index (χ4v) is 3.71. The van der Waals surface area contributed by atoms with Crippen LogP contribution in [0.15, 0.2) is 41.3 Å². The molecule has 0 bridgehead atoms. The molecule has 2 N–H and O–H groups in total. The summed E-state index contributed by atoms with van der Waals surface area (Å²) in [7, 11) is -2.73. The number of rotatable bonds is 5. The number of hydrogen-bond acceptors (Lipinski definition) is 5. The van der Waals surface area contributed by atoms with Crippen molar-refractivity contribution in [1.82, 2.24) is 4.98 Å². The highest BCUT2D eigenvalue weighted by Gasteiger charge is 2.21. The molecule has 0 fully saturated rings. The molecule has 3 aromatic rings. The predicted molar refractivity (Wildman–Crippen MR) is 91.1 cm³/mol. The van der Waals surface area contributed by atoms with E-state index in [1.807, 2.05) is 0 Å². The highest BCUT2D eigenvalue weighted by atomic mass is 32.2. The van der Waals surface area contributed by atoms with Gasteiger partial charge in [-0.15, -0.1) is 0 Å². The lowest BCUT2D eigenvalue weighted by atomic mass is 10.2. The van der Waals surface area contributed by atoms with E-state index >= 15 is 0 Å². The van der Waals surface area contributed by atoms with E-state index in [-0.39, 0.29) is 16.1 Å². The highest BCUT2D eigenvalue weighted by Crippen LogP contribution is 2.32. The van der Waals surface area contributed by atoms with Crippen molar-refractivity contribution in [3.63, 3.8) is 0 Å². The van der Waals surface area contributed by atoms with Crippen molar-refractivity contribution < 1.29 is 27.4 Å². The fourth-order valence-electron chi connectivity index (χ4n) is 2.53. The van der Waals surface area contributed by atoms with E-state index < -0.39 is 27.5 Å². The maximum Gasteiger partial charge on any atom is 0.261 e. The van der Waals surface area contributed by atoms with Crippen molar-refractivity contribution >= 4 is 32.6 Å². The number of fused-ring (bicyclic) bond motifs is 1. The van der Waals surface area contributed by atoms with Crippen LogP contribution in [-0.4, -0.2) is 26.5 Å². The molecule has 26 heavy (non-hydrogen) atoms. The van der Waals surface area contributed by atoms with E-state index in [2.05, 4.69) is 9.71 Å². The summed E-state index contributed by atoms with van der Waals surface area (Å²) in [4.78, 5) is 13.8. The van der Waals surface area contributed by atoms with Gasteiger partial charge in [0.05, 0.1) is 29.4 Å². The number of aromatic carboxylic acids is 1. The first-order chi connectivity index (χ1) is 12.2. The Morgan fingerprint density at radius 3 is 2.58 bits per heavy atom. The van der Waals surface area contributed by atoms with Gasteiger partial charge in [-0.3, -0.25) is 4.72 Å². The molecule has 0 amide bonds. The van der Waals surface area contributed by atoms with Crippen molar-refractivity contribution in [2.24, 2.45) is 0 Å². The van der Waals surface area contributed by atoms with Gasteiger partial charge in [-0.25, -0.2) is 12.8 Å². The minimum absolute atomic E-state index is 0.147. The lowest BCUT2D eigenvalue weighted by Crippen LogP contribution is -2.25. The molecule has 0 saturated carbocycles. The van der Waals surface area contributed by atoms with Crippen molar-refractivity contribution in [1.29, 1.82) is 0 Å². The molecule has 0 aliphatic rings. The average molecular weight is 377 g/mol. The molecule has 0 spiro atoms. The van der Waals surface area contributed by atoms with E-state index in [9.17, 15) is 22.7 Å². The fraction of sp³-hybridized carbons (Fsp3) is 0.118. The lowest BCUT2D eigenvalue weighted by Gasteiger charge is -2.11. The zero-order chi connectivity index (χ0) is 19.1. The number of carboxylic acid groups (broad SMARTS) is 1. The van der Waals surface area contributed by atoms with E-state index in [1.54, 1.807) is 12.1 Å². The van der Waals surface area contributed by atoms with Gasteiger partial charge in [-0.05, 0) is 48.9 Å². The van der Waals surface area contributed by atoms with Crippen molar-refractivity contribution in [2.75, 3.05) is 11.8 Å². The smallest absolute Gasteiger partial charge is 0.261 e. The van der Waals surface area contributed by atoms with Crippen molar-refractivity contribution in [3.8, 4) is 5.75 Å². The Balaban J connectivity index is 2.15. The number of aromatic nitrogens is 1. The normalized spacial score (nSPS) is 11.5. The first-order valence-corrected chi connectivity index (χ1v) is 8.91. The summed E-state index contributed by atoms with van der Waals surface area (Å²) >= 11 is 0. The molecule has 0 unspecified atom stereocenters. The number of H-pyrrole nitrogens is 1. The number of carboxylic acids is 1. The van der Waals surface area contributed by atoms with Gasteiger partial charge in [0.15, 0.2) is 0 Å². The third kappa shape index (κ3) is 3.08. The van der Waals surface area contributed by atoms with Crippen LogP contribution >= 0.6 is 0 Å². The molecule has 1 heterocycles. The molecule has 1 aromatic heterocycles. The number of anilines is 1. The van der Waals surface area contributed by atoms with Gasteiger partial charge in [0.2, 0.25) is 0 Å². The zero-order valence-corrected chi connectivity index (χ0v) is 14.6. The van der Waals surface area contributed by atoms with Crippen molar-refractivity contribution in [3.05, 3.63) is 53.5 Å². The topological polar surface area (TPSA) is 111 Å². The van der Waals surface area contributed by atoms with E-state index in [4.69, 9.17) is 4.74 Å². The van der Waals surface area contributed by atoms with Crippen LogP contribution in [0.3, 0.4) is 0 Å². The molecule has 0 aliphatic carbocycles. The van der Waals surface area contributed by atoms with Crippen LogP contribution in [0.25, 0.3) is 10.9 Å². The predicted octanol–water partition coefficient (Wildman–Crippen LogP) is 1.79. The van der Waals surface area contributed by atoms with Crippen LogP contribution in [0.5, 0.6) is 5.75 Å². The summed E-state index contributed by atoms with van der Waals surface area (Å²) in [5, 5.41) is 11.7. The monoisotopic (exact) mass is 377 g/mol. The van der Waals surface area contributed by atoms with Crippen LogP contribution < -0.4 is 14.6 Å². The SMILES string of the molecule is COc1ccc2[nH]c(C(=O)[O-])c(NS(=O)(=O)c3ccc(F)c(C)c3)c2c1. The molecular formula is C17H14FN2O5S-. The molecule has 0 saturated heterocycles. The van der Waals surface area contributed by atoms with E-state index in [0.717, 1.165) is 18.2 Å². The Bertz CT molecular complexity index is 1120. The van der Waals surface area contributed by atoms with Gasteiger partial charge in [0, 0.05) is 10.9 Å². The number of nitrogens with one attached hydrogen (secondary N) is 2. The summed E-state index contributed by atoms with van der Waals surface area (Å²) in [6, 6.07) is 7.93. The summed E-state index contributed by atoms with van der Waals surface area (Å²) in [6.07, 6.45) is 0. The van der Waals surface area contributed by atoms with Gasteiger partial charge in [0.25, 0.3) is 10.0 Å². The van der Waals surface area contributed by atoms with Gasteiger partial charge >= 0.3 is 0 Å². The average Bonchev–Trinajstić information content (AvgIpc) is 2.94. The first-order valence-electron chi connectivity index (χ1n) is 7.43. The number of halogens is 1.